The average Bonchev–Trinajstić information content (AvgIpc) is 2.97. The highest BCUT2D eigenvalue weighted by Gasteiger charge is 2.23. The second kappa shape index (κ2) is 6.81. The Balaban J connectivity index is 1.88. The van der Waals surface area contributed by atoms with E-state index in [1.165, 1.54) is 42.5 Å². The molecule has 3 rings (SSSR count). The van der Waals surface area contributed by atoms with E-state index >= 15 is 0 Å². The number of aryl methyl sites for hydroxylation is 1. The first-order chi connectivity index (χ1) is 12.3. The number of halogens is 1. The van der Waals surface area contributed by atoms with E-state index in [0.717, 1.165) is 5.56 Å². The van der Waals surface area contributed by atoms with Crippen molar-refractivity contribution >= 4 is 33.4 Å². The van der Waals surface area contributed by atoms with E-state index in [0.29, 0.717) is 9.11 Å². The summed E-state index contributed by atoms with van der Waals surface area (Å²) >= 11 is 5.77. The molecule has 0 saturated heterocycles. The number of aromatic nitrogens is 2. The molecule has 0 atom stereocenters. The lowest BCUT2D eigenvalue weighted by molar-refractivity contribution is 0.0727. The molecular weight excluding hydrogens is 378 g/mol. The molecule has 2 N–H and O–H groups in total. The number of ether oxygens (including phenoxy) is 1. The molecule has 9 heteroatoms. The van der Waals surface area contributed by atoms with Gasteiger partial charge in [-0.1, -0.05) is 29.3 Å². The number of anilines is 1. The standard InChI is InChI=1S/C17H14ClN3O4S/c1-11-2-8-14(9-3-11)26(23,24)21-15(19)10-16(20-21)25-17(22)12-4-6-13(18)7-5-12/h2-10H,19H2,1H3. The molecule has 0 aliphatic heterocycles. The molecule has 0 unspecified atom stereocenters. The molecule has 2 aromatic carbocycles. The molecule has 0 saturated carbocycles. The number of nitrogens with two attached hydrogens (primary N) is 1. The van der Waals surface area contributed by atoms with E-state index in [4.69, 9.17) is 22.1 Å². The molecule has 0 fully saturated rings. The van der Waals surface area contributed by atoms with Crippen LogP contribution in [-0.2, 0) is 10.0 Å². The number of carbonyl (C=O) groups excluding carboxylic acids is 1. The van der Waals surface area contributed by atoms with E-state index in [1.807, 2.05) is 6.92 Å². The van der Waals surface area contributed by atoms with Crippen LogP contribution in [-0.4, -0.2) is 23.6 Å². The predicted octanol–water partition coefficient (Wildman–Crippen LogP) is 2.88. The van der Waals surface area contributed by atoms with E-state index in [-0.39, 0.29) is 22.2 Å². The Hall–Kier alpha value is -2.84. The van der Waals surface area contributed by atoms with Crippen molar-refractivity contribution in [1.82, 2.24) is 9.19 Å². The third kappa shape index (κ3) is 3.56. The highest BCUT2D eigenvalue weighted by Crippen LogP contribution is 2.22. The van der Waals surface area contributed by atoms with Crippen molar-refractivity contribution in [2.75, 3.05) is 5.73 Å². The van der Waals surface area contributed by atoms with Crippen molar-refractivity contribution in [2.24, 2.45) is 0 Å². The largest absolute Gasteiger partial charge is 0.402 e. The minimum absolute atomic E-state index is 0.0217. The fourth-order valence-corrected chi connectivity index (χ4v) is 3.47. The Morgan fingerprint density at radius 2 is 1.73 bits per heavy atom. The van der Waals surface area contributed by atoms with Gasteiger partial charge in [-0.3, -0.25) is 0 Å². The van der Waals surface area contributed by atoms with Crippen LogP contribution in [0.3, 0.4) is 0 Å². The van der Waals surface area contributed by atoms with Gasteiger partial charge in [-0.15, -0.1) is 9.19 Å². The molecule has 0 radical (unpaired) electrons. The zero-order chi connectivity index (χ0) is 18.9. The summed E-state index contributed by atoms with van der Waals surface area (Å²) in [5.41, 5.74) is 6.89. The van der Waals surface area contributed by atoms with Crippen LogP contribution in [0.25, 0.3) is 0 Å². The van der Waals surface area contributed by atoms with Crippen LogP contribution >= 0.6 is 11.6 Å². The summed E-state index contributed by atoms with van der Waals surface area (Å²) in [5.74, 6) is -1.11. The minimum atomic E-state index is -4.00. The summed E-state index contributed by atoms with van der Waals surface area (Å²) in [5, 5.41) is 4.27. The van der Waals surface area contributed by atoms with E-state index in [1.54, 1.807) is 12.1 Å². The van der Waals surface area contributed by atoms with Crippen molar-refractivity contribution in [3.8, 4) is 5.88 Å². The van der Waals surface area contributed by atoms with Crippen LogP contribution in [0.2, 0.25) is 5.02 Å². The van der Waals surface area contributed by atoms with Crippen molar-refractivity contribution in [3.63, 3.8) is 0 Å². The Labute approximate surface area is 155 Å². The van der Waals surface area contributed by atoms with E-state index in [2.05, 4.69) is 5.10 Å². The molecular formula is C17H14ClN3O4S. The van der Waals surface area contributed by atoms with Gasteiger partial charge >= 0.3 is 5.97 Å². The van der Waals surface area contributed by atoms with Crippen LogP contribution in [0.4, 0.5) is 5.82 Å². The first kappa shape index (κ1) is 18.0. The maximum Gasteiger partial charge on any atom is 0.344 e. The second-order valence-corrected chi connectivity index (χ2v) is 7.67. The number of rotatable bonds is 4. The highest BCUT2D eigenvalue weighted by molar-refractivity contribution is 7.90. The van der Waals surface area contributed by atoms with Gasteiger partial charge in [0.2, 0.25) is 5.88 Å². The molecule has 0 aliphatic rings. The number of carbonyl (C=O) groups is 1. The number of nitrogen functional groups attached to an aromatic ring is 1. The zero-order valence-electron chi connectivity index (χ0n) is 13.6. The molecule has 1 aromatic heterocycles. The van der Waals surface area contributed by atoms with Gasteiger partial charge in [0, 0.05) is 11.1 Å². The topological polar surface area (TPSA) is 104 Å². The Kier molecular flexibility index (Phi) is 4.71. The number of esters is 1. The van der Waals surface area contributed by atoms with Crippen LogP contribution < -0.4 is 10.5 Å². The van der Waals surface area contributed by atoms with Gasteiger partial charge in [-0.25, -0.2) is 4.79 Å². The summed E-state index contributed by atoms with van der Waals surface area (Å²) in [4.78, 5) is 12.1. The van der Waals surface area contributed by atoms with Crippen molar-refractivity contribution in [1.29, 1.82) is 0 Å². The van der Waals surface area contributed by atoms with Gasteiger partial charge in [-0.2, -0.15) is 8.42 Å². The van der Waals surface area contributed by atoms with Gasteiger partial charge in [0.05, 0.1) is 10.5 Å². The molecule has 0 aliphatic carbocycles. The fraction of sp³-hybridized carbons (Fsp3) is 0.0588. The summed E-state index contributed by atoms with van der Waals surface area (Å²) in [6, 6.07) is 13.4. The van der Waals surface area contributed by atoms with Gasteiger partial charge in [0.25, 0.3) is 10.0 Å². The third-order valence-electron chi connectivity index (χ3n) is 3.51. The molecule has 0 spiro atoms. The number of benzene rings is 2. The summed E-state index contributed by atoms with van der Waals surface area (Å²) in [6.45, 7) is 1.84. The van der Waals surface area contributed by atoms with Crippen LogP contribution in [0.5, 0.6) is 5.88 Å². The monoisotopic (exact) mass is 391 g/mol. The maximum atomic E-state index is 12.6. The summed E-state index contributed by atoms with van der Waals surface area (Å²) < 4.78 is 31.0. The van der Waals surface area contributed by atoms with E-state index < -0.39 is 16.0 Å². The lowest BCUT2D eigenvalue weighted by Crippen LogP contribution is -2.17. The first-order valence-electron chi connectivity index (χ1n) is 7.43. The molecule has 7 nitrogen and oxygen atoms in total. The maximum absolute atomic E-state index is 12.6. The van der Waals surface area contributed by atoms with Crippen molar-refractivity contribution in [3.05, 3.63) is 70.7 Å². The van der Waals surface area contributed by atoms with Crippen LogP contribution in [0.1, 0.15) is 15.9 Å². The Morgan fingerprint density at radius 3 is 2.35 bits per heavy atom. The number of hydrogen-bond donors (Lipinski definition) is 1. The lowest BCUT2D eigenvalue weighted by Gasteiger charge is -2.06. The average molecular weight is 392 g/mol. The normalized spacial score (nSPS) is 11.3. The molecule has 26 heavy (non-hydrogen) atoms. The lowest BCUT2D eigenvalue weighted by atomic mass is 10.2. The molecule has 134 valence electrons. The molecule has 1 heterocycles. The van der Waals surface area contributed by atoms with Crippen LogP contribution in [0.15, 0.2) is 59.5 Å². The summed E-state index contributed by atoms with van der Waals surface area (Å²) in [6.07, 6.45) is 0. The van der Waals surface area contributed by atoms with Crippen molar-refractivity contribution < 1.29 is 17.9 Å². The number of nitrogens with zero attached hydrogens (tertiary/aromatic N) is 2. The van der Waals surface area contributed by atoms with Gasteiger partial charge in [-0.05, 0) is 43.3 Å². The Morgan fingerprint density at radius 1 is 1.12 bits per heavy atom. The highest BCUT2D eigenvalue weighted by atomic mass is 35.5. The minimum Gasteiger partial charge on any atom is -0.402 e. The Bertz CT molecular complexity index is 1060. The SMILES string of the molecule is Cc1ccc(S(=O)(=O)n2nc(OC(=O)c3ccc(Cl)cc3)cc2N)cc1. The molecule has 3 aromatic rings. The summed E-state index contributed by atoms with van der Waals surface area (Å²) in [7, 11) is -4.00. The molecule has 0 bridgehead atoms. The fourth-order valence-electron chi connectivity index (χ4n) is 2.15. The quantitative estimate of drug-likeness (QED) is 0.685. The first-order valence-corrected chi connectivity index (χ1v) is 9.25. The van der Waals surface area contributed by atoms with Gasteiger partial charge < -0.3 is 10.5 Å². The van der Waals surface area contributed by atoms with Gasteiger partial charge in [0.1, 0.15) is 5.82 Å². The zero-order valence-corrected chi connectivity index (χ0v) is 15.2. The van der Waals surface area contributed by atoms with Crippen LogP contribution in [0, 0.1) is 6.92 Å². The predicted molar refractivity (Wildman–Crippen MR) is 96.8 cm³/mol. The second-order valence-electron chi connectivity index (χ2n) is 5.46. The van der Waals surface area contributed by atoms with Gasteiger partial charge in [0.15, 0.2) is 0 Å². The smallest absolute Gasteiger partial charge is 0.344 e. The number of hydrogen-bond acceptors (Lipinski definition) is 6. The third-order valence-corrected chi connectivity index (χ3v) is 5.37. The molecule has 0 amide bonds. The van der Waals surface area contributed by atoms with Crippen molar-refractivity contribution in [2.45, 2.75) is 11.8 Å². The van der Waals surface area contributed by atoms with E-state index in [9.17, 15) is 13.2 Å².